The number of fused-ring (bicyclic) bond motifs is 1. The molecule has 33 heavy (non-hydrogen) atoms. The normalized spacial score (nSPS) is 22.3. The summed E-state index contributed by atoms with van der Waals surface area (Å²) in [4.78, 5) is 20.8. The summed E-state index contributed by atoms with van der Waals surface area (Å²) in [6.45, 7) is 4.84. The molecule has 6 heteroatoms. The molecule has 0 aromatic heterocycles. The fourth-order valence-electron chi connectivity index (χ4n) is 5.79. The summed E-state index contributed by atoms with van der Waals surface area (Å²) >= 11 is 12.3. The second kappa shape index (κ2) is 10.2. The molecule has 2 aromatic rings. The van der Waals surface area contributed by atoms with Gasteiger partial charge in [-0.15, -0.1) is 0 Å². The first kappa shape index (κ1) is 23.0. The van der Waals surface area contributed by atoms with Gasteiger partial charge in [0.05, 0.1) is 10.0 Å². The first-order chi connectivity index (χ1) is 16.1. The van der Waals surface area contributed by atoms with E-state index in [4.69, 9.17) is 23.2 Å². The highest BCUT2D eigenvalue weighted by Gasteiger charge is 2.36. The molecule has 1 unspecified atom stereocenters. The number of rotatable bonds is 4. The van der Waals surface area contributed by atoms with Crippen molar-refractivity contribution < 1.29 is 4.79 Å². The van der Waals surface area contributed by atoms with Gasteiger partial charge in [0.1, 0.15) is 0 Å². The molecule has 1 saturated heterocycles. The molecule has 1 amide bonds. The Balaban J connectivity index is 1.28. The number of aryl methyl sites for hydroxylation is 1. The third kappa shape index (κ3) is 5.03. The number of halogens is 2. The average molecular weight is 486 g/mol. The summed E-state index contributed by atoms with van der Waals surface area (Å²) in [5.74, 6) is 0.556. The Morgan fingerprint density at radius 1 is 0.879 bits per heavy atom. The van der Waals surface area contributed by atoms with E-state index in [1.54, 1.807) is 0 Å². The maximum absolute atomic E-state index is 13.7. The first-order valence-corrected chi connectivity index (χ1v) is 13.2. The molecule has 4 nitrogen and oxygen atoms in total. The second-order valence-electron chi connectivity index (χ2n) is 9.75. The smallest absolute Gasteiger partial charge is 0.230 e. The fraction of sp³-hybridized carbons (Fsp3) is 0.519. The number of hydrogen-bond donors (Lipinski definition) is 0. The molecule has 0 bridgehead atoms. The molecule has 2 aromatic carbocycles. The number of para-hydroxylation sites is 1. The Morgan fingerprint density at radius 2 is 1.64 bits per heavy atom. The van der Waals surface area contributed by atoms with Gasteiger partial charge in [-0.25, -0.2) is 0 Å². The van der Waals surface area contributed by atoms with Crippen molar-refractivity contribution >= 4 is 40.5 Å². The van der Waals surface area contributed by atoms with Gasteiger partial charge in [0.15, 0.2) is 0 Å². The van der Waals surface area contributed by atoms with Crippen LogP contribution in [0.3, 0.4) is 0 Å². The van der Waals surface area contributed by atoms with Gasteiger partial charge in [-0.05, 0) is 55.5 Å². The van der Waals surface area contributed by atoms with E-state index in [0.29, 0.717) is 16.0 Å². The van der Waals surface area contributed by atoms with Crippen LogP contribution in [0.25, 0.3) is 0 Å². The standard InChI is InChI=1S/C27H33Cl2N3O/c28-24-13-12-22(18-25(24)29)31-16-14-30(15-17-31)19-23-11-10-20-6-4-5-9-26(20)32(23)27(33)21-7-2-1-3-8-21/h4-6,9,12-13,18,21,23H,1-3,7-8,10-11,14-17,19H2. The Hall–Kier alpha value is -1.75. The van der Waals surface area contributed by atoms with Crippen molar-refractivity contribution in [1.82, 2.24) is 4.90 Å². The topological polar surface area (TPSA) is 26.8 Å². The van der Waals surface area contributed by atoms with Crippen molar-refractivity contribution in [1.29, 1.82) is 0 Å². The zero-order chi connectivity index (χ0) is 22.8. The molecule has 0 radical (unpaired) electrons. The summed E-state index contributed by atoms with van der Waals surface area (Å²) in [6.07, 6.45) is 7.84. The number of carbonyl (C=O) groups is 1. The molecule has 0 N–H and O–H groups in total. The third-order valence-electron chi connectivity index (χ3n) is 7.66. The molecule has 0 spiro atoms. The summed E-state index contributed by atoms with van der Waals surface area (Å²) < 4.78 is 0. The highest BCUT2D eigenvalue weighted by Crippen LogP contribution is 2.35. The van der Waals surface area contributed by atoms with Crippen LogP contribution in [0.15, 0.2) is 42.5 Å². The predicted octanol–water partition coefficient (Wildman–Crippen LogP) is 6.04. The molecule has 3 aliphatic rings. The average Bonchev–Trinajstić information content (AvgIpc) is 2.86. The van der Waals surface area contributed by atoms with Gasteiger partial charge in [-0.1, -0.05) is 60.7 Å². The van der Waals surface area contributed by atoms with E-state index in [1.165, 1.54) is 24.8 Å². The van der Waals surface area contributed by atoms with Crippen molar-refractivity contribution in [3.63, 3.8) is 0 Å². The number of hydrogen-bond acceptors (Lipinski definition) is 3. The Kier molecular flexibility index (Phi) is 7.15. The highest BCUT2D eigenvalue weighted by atomic mass is 35.5. The zero-order valence-corrected chi connectivity index (χ0v) is 20.7. The van der Waals surface area contributed by atoms with E-state index < -0.39 is 0 Å². The van der Waals surface area contributed by atoms with E-state index in [2.05, 4.69) is 39.0 Å². The number of nitrogens with zero attached hydrogens (tertiary/aromatic N) is 3. The summed E-state index contributed by atoms with van der Waals surface area (Å²) in [7, 11) is 0. The van der Waals surface area contributed by atoms with Crippen molar-refractivity contribution in [2.45, 2.75) is 51.0 Å². The van der Waals surface area contributed by atoms with E-state index in [-0.39, 0.29) is 12.0 Å². The third-order valence-corrected chi connectivity index (χ3v) is 8.40. The van der Waals surface area contributed by atoms with Crippen LogP contribution in [0, 0.1) is 5.92 Å². The van der Waals surface area contributed by atoms with Gasteiger partial charge < -0.3 is 9.80 Å². The minimum atomic E-state index is 0.193. The largest absolute Gasteiger partial charge is 0.369 e. The van der Waals surface area contributed by atoms with Crippen molar-refractivity contribution in [3.8, 4) is 0 Å². The molecule has 2 aliphatic heterocycles. The van der Waals surface area contributed by atoms with E-state index in [0.717, 1.165) is 69.8 Å². The maximum atomic E-state index is 13.7. The van der Waals surface area contributed by atoms with Crippen LogP contribution >= 0.6 is 23.2 Å². The van der Waals surface area contributed by atoms with Crippen LogP contribution in [0.4, 0.5) is 11.4 Å². The van der Waals surface area contributed by atoms with Crippen LogP contribution in [-0.4, -0.2) is 49.6 Å². The van der Waals surface area contributed by atoms with Gasteiger partial charge in [-0.3, -0.25) is 9.69 Å². The molecule has 176 valence electrons. The van der Waals surface area contributed by atoms with E-state index in [9.17, 15) is 4.79 Å². The summed E-state index contributed by atoms with van der Waals surface area (Å²) in [6, 6.07) is 14.7. The lowest BCUT2D eigenvalue weighted by Crippen LogP contribution is -2.55. The number of amides is 1. The summed E-state index contributed by atoms with van der Waals surface area (Å²) in [5, 5.41) is 1.20. The van der Waals surface area contributed by atoms with Gasteiger partial charge >= 0.3 is 0 Å². The molecule has 2 fully saturated rings. The molecule has 5 rings (SSSR count). The Bertz CT molecular complexity index is 983. The fourth-order valence-corrected chi connectivity index (χ4v) is 6.08. The molecule has 1 aliphatic carbocycles. The Morgan fingerprint density at radius 3 is 2.39 bits per heavy atom. The van der Waals surface area contributed by atoms with Gasteiger partial charge in [-0.2, -0.15) is 0 Å². The maximum Gasteiger partial charge on any atom is 0.230 e. The van der Waals surface area contributed by atoms with Gasteiger partial charge in [0.2, 0.25) is 5.91 Å². The first-order valence-electron chi connectivity index (χ1n) is 12.4. The molecular formula is C27H33Cl2N3O. The second-order valence-corrected chi connectivity index (χ2v) is 10.6. The SMILES string of the molecule is O=C(C1CCCCC1)N1c2ccccc2CCC1CN1CCN(c2ccc(Cl)c(Cl)c2)CC1. The number of benzene rings is 2. The highest BCUT2D eigenvalue weighted by molar-refractivity contribution is 6.42. The number of carbonyl (C=O) groups excluding carboxylic acids is 1. The Labute approximate surface area is 207 Å². The molecule has 1 atom stereocenters. The minimum absolute atomic E-state index is 0.193. The molecular weight excluding hydrogens is 453 g/mol. The summed E-state index contributed by atoms with van der Waals surface area (Å²) in [5.41, 5.74) is 3.60. The minimum Gasteiger partial charge on any atom is -0.369 e. The molecule has 2 heterocycles. The van der Waals surface area contributed by atoms with Crippen molar-refractivity contribution in [2.24, 2.45) is 5.92 Å². The van der Waals surface area contributed by atoms with Crippen LogP contribution < -0.4 is 9.80 Å². The molecule has 1 saturated carbocycles. The van der Waals surface area contributed by atoms with Gasteiger partial charge in [0, 0.05) is 56.1 Å². The lowest BCUT2D eigenvalue weighted by molar-refractivity contribution is -0.124. The van der Waals surface area contributed by atoms with Crippen molar-refractivity contribution in [3.05, 3.63) is 58.1 Å². The van der Waals surface area contributed by atoms with E-state index in [1.807, 2.05) is 18.2 Å². The van der Waals surface area contributed by atoms with Crippen molar-refractivity contribution in [2.75, 3.05) is 42.5 Å². The lowest BCUT2D eigenvalue weighted by Gasteiger charge is -2.43. The number of piperazine rings is 1. The van der Waals surface area contributed by atoms with Crippen LogP contribution in [0.1, 0.15) is 44.1 Å². The van der Waals surface area contributed by atoms with Gasteiger partial charge in [0.25, 0.3) is 0 Å². The van der Waals surface area contributed by atoms with E-state index >= 15 is 0 Å². The zero-order valence-electron chi connectivity index (χ0n) is 19.2. The van der Waals surface area contributed by atoms with Crippen LogP contribution in [0.5, 0.6) is 0 Å². The van der Waals surface area contributed by atoms with Crippen LogP contribution in [-0.2, 0) is 11.2 Å². The lowest BCUT2D eigenvalue weighted by atomic mass is 9.86. The quantitative estimate of drug-likeness (QED) is 0.527. The monoisotopic (exact) mass is 485 g/mol. The van der Waals surface area contributed by atoms with Crippen LogP contribution in [0.2, 0.25) is 10.0 Å². The number of anilines is 2. The predicted molar refractivity (Wildman–Crippen MR) is 138 cm³/mol.